The fourth-order valence-corrected chi connectivity index (χ4v) is 4.43. The van der Waals surface area contributed by atoms with Crippen LogP contribution in [0.25, 0.3) is 23.0 Å². The minimum Gasteiger partial charge on any atom is -0.493 e. The zero-order chi connectivity index (χ0) is 22.9. The summed E-state index contributed by atoms with van der Waals surface area (Å²) in [5, 5.41) is 4.01. The number of aromatic nitrogens is 2. The smallest absolute Gasteiger partial charge is 0.293 e. The average molecular weight is 455 g/mol. The highest BCUT2D eigenvalue weighted by Gasteiger charge is 2.21. The predicted molar refractivity (Wildman–Crippen MR) is 117 cm³/mol. The Morgan fingerprint density at radius 2 is 1.69 bits per heavy atom. The fourth-order valence-electron chi connectivity index (χ4n) is 3.17. The van der Waals surface area contributed by atoms with Crippen LogP contribution in [0.1, 0.15) is 16.9 Å². The van der Waals surface area contributed by atoms with Crippen LogP contribution < -0.4 is 9.47 Å². The van der Waals surface area contributed by atoms with E-state index < -0.39 is 9.84 Å². The molecule has 0 unspecified atom stereocenters. The first-order valence-corrected chi connectivity index (χ1v) is 11.4. The fraction of sp³-hybridized carbons (Fsp3) is 0.217. The van der Waals surface area contributed by atoms with E-state index in [0.717, 1.165) is 11.1 Å². The quantitative estimate of drug-likeness (QED) is 0.399. The summed E-state index contributed by atoms with van der Waals surface area (Å²) < 4.78 is 47.1. The van der Waals surface area contributed by atoms with Crippen molar-refractivity contribution in [2.24, 2.45) is 0 Å². The van der Waals surface area contributed by atoms with Gasteiger partial charge in [0.1, 0.15) is 11.5 Å². The van der Waals surface area contributed by atoms with Crippen molar-refractivity contribution in [1.29, 1.82) is 0 Å². The molecule has 2 aromatic carbocycles. The van der Waals surface area contributed by atoms with Gasteiger partial charge in [0, 0.05) is 11.6 Å². The molecule has 0 fully saturated rings. The molecule has 0 amide bonds. The molecule has 32 heavy (non-hydrogen) atoms. The van der Waals surface area contributed by atoms with Crippen molar-refractivity contribution in [3.05, 3.63) is 65.4 Å². The molecule has 0 saturated heterocycles. The SMILES string of the molecule is COc1ccc(S(=O)(=O)Cc2ccc(-c3nc(-c4ccc(C)c(C)c4)no3)o2)cc1OC. The first-order chi connectivity index (χ1) is 15.3. The van der Waals surface area contributed by atoms with Gasteiger partial charge < -0.3 is 18.4 Å². The molecule has 8 nitrogen and oxygen atoms in total. The maximum Gasteiger partial charge on any atom is 0.293 e. The summed E-state index contributed by atoms with van der Waals surface area (Å²) in [7, 11) is -0.749. The van der Waals surface area contributed by atoms with Gasteiger partial charge in [0.15, 0.2) is 27.1 Å². The van der Waals surface area contributed by atoms with Gasteiger partial charge in [-0.15, -0.1) is 0 Å². The van der Waals surface area contributed by atoms with E-state index in [4.69, 9.17) is 18.4 Å². The van der Waals surface area contributed by atoms with Crippen molar-refractivity contribution in [1.82, 2.24) is 10.1 Å². The Labute approximate surface area is 185 Å². The van der Waals surface area contributed by atoms with Gasteiger partial charge in [-0.1, -0.05) is 17.3 Å². The van der Waals surface area contributed by atoms with Gasteiger partial charge >= 0.3 is 0 Å². The van der Waals surface area contributed by atoms with Gasteiger partial charge in [-0.3, -0.25) is 0 Å². The minimum atomic E-state index is -3.68. The normalized spacial score (nSPS) is 11.5. The van der Waals surface area contributed by atoms with Crippen molar-refractivity contribution in [2.75, 3.05) is 14.2 Å². The van der Waals surface area contributed by atoms with Crippen LogP contribution in [0.15, 0.2) is 62.4 Å². The molecular formula is C23H22N2O6S. The summed E-state index contributed by atoms with van der Waals surface area (Å²) in [5.41, 5.74) is 3.12. The van der Waals surface area contributed by atoms with E-state index in [1.54, 1.807) is 18.2 Å². The third-order valence-corrected chi connectivity index (χ3v) is 6.75. The highest BCUT2D eigenvalue weighted by atomic mass is 32.2. The number of aryl methyl sites for hydroxylation is 2. The highest BCUT2D eigenvalue weighted by molar-refractivity contribution is 7.90. The second kappa shape index (κ2) is 8.51. The topological polar surface area (TPSA) is 105 Å². The second-order valence-electron chi connectivity index (χ2n) is 7.26. The van der Waals surface area contributed by atoms with Gasteiger partial charge in [-0.05, 0) is 55.3 Å². The van der Waals surface area contributed by atoms with Crippen LogP contribution in [-0.4, -0.2) is 32.8 Å². The van der Waals surface area contributed by atoms with Crippen molar-refractivity contribution in [2.45, 2.75) is 24.5 Å². The van der Waals surface area contributed by atoms with Gasteiger partial charge in [0.2, 0.25) is 5.82 Å². The Kier molecular flexibility index (Phi) is 5.75. The van der Waals surface area contributed by atoms with Crippen molar-refractivity contribution in [3.63, 3.8) is 0 Å². The number of nitrogens with zero attached hydrogens (tertiary/aromatic N) is 2. The third kappa shape index (κ3) is 4.24. The Morgan fingerprint density at radius 1 is 0.906 bits per heavy atom. The van der Waals surface area contributed by atoms with Crippen LogP contribution >= 0.6 is 0 Å². The summed E-state index contributed by atoms with van der Waals surface area (Å²) in [6, 6.07) is 13.5. The maximum atomic E-state index is 12.9. The number of methoxy groups -OCH3 is 2. The zero-order valence-electron chi connectivity index (χ0n) is 18.1. The third-order valence-electron chi connectivity index (χ3n) is 5.11. The lowest BCUT2D eigenvalue weighted by atomic mass is 10.1. The van der Waals surface area contributed by atoms with E-state index in [0.29, 0.717) is 23.1 Å². The Morgan fingerprint density at radius 3 is 2.41 bits per heavy atom. The molecule has 166 valence electrons. The minimum absolute atomic E-state index is 0.0999. The summed E-state index contributed by atoms with van der Waals surface area (Å²) in [5.74, 6) is 1.60. The van der Waals surface area contributed by atoms with Gasteiger partial charge in [-0.2, -0.15) is 4.98 Å². The van der Waals surface area contributed by atoms with Gasteiger partial charge in [0.25, 0.3) is 5.89 Å². The molecule has 0 atom stereocenters. The summed E-state index contributed by atoms with van der Waals surface area (Å²) in [6.07, 6.45) is 0. The molecular weight excluding hydrogens is 432 g/mol. The molecule has 0 saturated carbocycles. The zero-order valence-corrected chi connectivity index (χ0v) is 18.9. The van der Waals surface area contributed by atoms with Crippen LogP contribution in [0.2, 0.25) is 0 Å². The molecule has 2 heterocycles. The van der Waals surface area contributed by atoms with E-state index in [-0.39, 0.29) is 22.3 Å². The molecule has 4 rings (SSSR count). The molecule has 0 bridgehead atoms. The highest BCUT2D eigenvalue weighted by Crippen LogP contribution is 2.31. The number of hydrogen-bond acceptors (Lipinski definition) is 8. The number of benzene rings is 2. The average Bonchev–Trinajstić information content (AvgIpc) is 3.44. The van der Waals surface area contributed by atoms with E-state index in [1.165, 1.54) is 31.9 Å². The van der Waals surface area contributed by atoms with Crippen LogP contribution in [-0.2, 0) is 15.6 Å². The Balaban J connectivity index is 1.55. The standard InChI is InChI=1S/C23H22N2O6S/c1-14-5-6-16(11-15(14)2)22-24-23(31-25-22)20-9-7-17(30-20)13-32(26,27)18-8-10-19(28-3)21(12-18)29-4/h5-12H,13H2,1-4H3. The van der Waals surface area contributed by atoms with Crippen LogP contribution in [0.4, 0.5) is 0 Å². The van der Waals surface area contributed by atoms with E-state index in [1.807, 2.05) is 32.0 Å². The number of furan rings is 1. The molecule has 0 spiro atoms. The van der Waals surface area contributed by atoms with Crippen LogP contribution in [0.3, 0.4) is 0 Å². The molecule has 0 radical (unpaired) electrons. The van der Waals surface area contributed by atoms with Crippen LogP contribution in [0.5, 0.6) is 11.5 Å². The first kappa shape index (κ1) is 21.6. The Bertz CT molecular complexity index is 1370. The number of hydrogen-bond donors (Lipinski definition) is 0. The second-order valence-corrected chi connectivity index (χ2v) is 9.25. The maximum absolute atomic E-state index is 12.9. The van der Waals surface area contributed by atoms with E-state index in [9.17, 15) is 8.42 Å². The van der Waals surface area contributed by atoms with E-state index in [2.05, 4.69) is 10.1 Å². The molecule has 0 aliphatic carbocycles. The lowest BCUT2D eigenvalue weighted by Crippen LogP contribution is -2.05. The molecule has 9 heteroatoms. The summed E-state index contributed by atoms with van der Waals surface area (Å²) in [6.45, 7) is 4.04. The summed E-state index contributed by atoms with van der Waals surface area (Å²) >= 11 is 0. The van der Waals surface area contributed by atoms with Crippen LogP contribution in [0, 0.1) is 13.8 Å². The van der Waals surface area contributed by atoms with Gasteiger partial charge in [0.05, 0.1) is 19.1 Å². The lowest BCUT2D eigenvalue weighted by Gasteiger charge is -2.09. The summed E-state index contributed by atoms with van der Waals surface area (Å²) in [4.78, 5) is 4.48. The molecule has 0 aliphatic heterocycles. The first-order valence-electron chi connectivity index (χ1n) is 9.76. The predicted octanol–water partition coefficient (Wildman–Crippen LogP) is 4.60. The van der Waals surface area contributed by atoms with Crippen molar-refractivity contribution >= 4 is 9.84 Å². The molecule has 0 N–H and O–H groups in total. The van der Waals surface area contributed by atoms with E-state index >= 15 is 0 Å². The number of rotatable bonds is 7. The number of ether oxygens (including phenoxy) is 2. The largest absolute Gasteiger partial charge is 0.493 e. The molecule has 2 aromatic heterocycles. The van der Waals surface area contributed by atoms with Crippen molar-refractivity contribution < 1.29 is 26.8 Å². The lowest BCUT2D eigenvalue weighted by molar-refractivity contribution is 0.354. The number of sulfone groups is 1. The molecule has 0 aliphatic rings. The molecule has 4 aromatic rings. The Hall–Kier alpha value is -3.59. The monoisotopic (exact) mass is 454 g/mol. The van der Waals surface area contributed by atoms with Crippen molar-refractivity contribution in [3.8, 4) is 34.5 Å². The van der Waals surface area contributed by atoms with Gasteiger partial charge in [-0.25, -0.2) is 8.42 Å².